The van der Waals surface area contributed by atoms with E-state index < -0.39 is 11.6 Å². The number of hydrogen-bond acceptors (Lipinski definition) is 3. The maximum Gasteiger partial charge on any atom is 0.159 e. The first-order valence-corrected chi connectivity index (χ1v) is 5.83. The van der Waals surface area contributed by atoms with Gasteiger partial charge in [-0.2, -0.15) is 0 Å². The molecule has 0 saturated carbocycles. The van der Waals surface area contributed by atoms with Crippen LogP contribution in [0.3, 0.4) is 0 Å². The topological polar surface area (TPSA) is 27.3 Å². The number of piperazine rings is 1. The van der Waals surface area contributed by atoms with Crippen LogP contribution in [0.4, 0.5) is 8.78 Å². The van der Waals surface area contributed by atoms with E-state index in [1.54, 1.807) is 6.07 Å². The van der Waals surface area contributed by atoms with Crippen LogP contribution < -0.4 is 10.6 Å². The van der Waals surface area contributed by atoms with Gasteiger partial charge in [-0.15, -0.1) is 0 Å². The lowest BCUT2D eigenvalue weighted by atomic mass is 10.2. The van der Waals surface area contributed by atoms with Gasteiger partial charge in [0.2, 0.25) is 0 Å². The molecule has 0 aromatic heterocycles. The van der Waals surface area contributed by atoms with Gasteiger partial charge in [0.15, 0.2) is 11.6 Å². The normalized spacial score (nSPS) is 17.3. The fourth-order valence-corrected chi connectivity index (χ4v) is 1.88. The van der Waals surface area contributed by atoms with Crippen molar-refractivity contribution in [2.45, 2.75) is 6.54 Å². The van der Waals surface area contributed by atoms with Crippen LogP contribution in [0.5, 0.6) is 0 Å². The molecule has 2 N–H and O–H groups in total. The first-order chi connectivity index (χ1) is 8.25. The lowest BCUT2D eigenvalue weighted by molar-refractivity contribution is 0.223. The average molecular weight is 241 g/mol. The van der Waals surface area contributed by atoms with Crippen LogP contribution >= 0.6 is 0 Å². The van der Waals surface area contributed by atoms with Crippen molar-refractivity contribution < 1.29 is 8.78 Å². The predicted molar refractivity (Wildman–Crippen MR) is 62.5 cm³/mol. The number of nitrogens with zero attached hydrogens (tertiary/aromatic N) is 1. The second-order valence-electron chi connectivity index (χ2n) is 4.20. The Kier molecular flexibility index (Phi) is 4.42. The number of halogens is 2. The van der Waals surface area contributed by atoms with Crippen molar-refractivity contribution >= 4 is 0 Å². The van der Waals surface area contributed by atoms with Crippen LogP contribution in [0.1, 0.15) is 5.56 Å². The quantitative estimate of drug-likeness (QED) is 0.820. The summed E-state index contributed by atoms with van der Waals surface area (Å²) in [6, 6.07) is 4.00. The fourth-order valence-electron chi connectivity index (χ4n) is 1.88. The van der Waals surface area contributed by atoms with E-state index in [0.29, 0.717) is 6.54 Å². The molecule has 0 bridgehead atoms. The molecule has 1 fully saturated rings. The monoisotopic (exact) mass is 241 g/mol. The smallest absolute Gasteiger partial charge is 0.159 e. The van der Waals surface area contributed by atoms with Crippen LogP contribution in [-0.4, -0.2) is 37.7 Å². The summed E-state index contributed by atoms with van der Waals surface area (Å²) in [6.07, 6.45) is 0. The van der Waals surface area contributed by atoms with Gasteiger partial charge in [-0.1, -0.05) is 6.07 Å². The van der Waals surface area contributed by atoms with Gasteiger partial charge in [0.05, 0.1) is 0 Å². The van der Waals surface area contributed by atoms with E-state index in [-0.39, 0.29) is 0 Å². The van der Waals surface area contributed by atoms with Gasteiger partial charge < -0.3 is 10.6 Å². The molecule has 0 radical (unpaired) electrons. The van der Waals surface area contributed by atoms with Gasteiger partial charge in [0, 0.05) is 39.4 Å². The van der Waals surface area contributed by atoms with Crippen LogP contribution in [0.25, 0.3) is 0 Å². The first-order valence-electron chi connectivity index (χ1n) is 5.83. The van der Waals surface area contributed by atoms with Crippen molar-refractivity contribution in [1.82, 2.24) is 15.5 Å². The highest BCUT2D eigenvalue weighted by molar-refractivity contribution is 5.17. The number of hydrogen-bond donors (Lipinski definition) is 2. The molecule has 1 aliphatic rings. The molecule has 3 nitrogen and oxygen atoms in total. The summed E-state index contributed by atoms with van der Waals surface area (Å²) in [5, 5.41) is 6.50. The van der Waals surface area contributed by atoms with E-state index in [4.69, 9.17) is 0 Å². The third-order valence-electron chi connectivity index (χ3n) is 2.86. The molecule has 1 aromatic carbocycles. The first kappa shape index (κ1) is 12.4. The van der Waals surface area contributed by atoms with Gasteiger partial charge >= 0.3 is 0 Å². The zero-order valence-corrected chi connectivity index (χ0v) is 9.68. The van der Waals surface area contributed by atoms with Crippen molar-refractivity contribution in [2.75, 3.05) is 32.8 Å². The third kappa shape index (κ3) is 3.73. The Bertz CT molecular complexity index is 365. The summed E-state index contributed by atoms with van der Waals surface area (Å²) in [4.78, 5) is 2.29. The second kappa shape index (κ2) is 6.05. The Morgan fingerprint density at radius 2 is 1.94 bits per heavy atom. The van der Waals surface area contributed by atoms with Crippen molar-refractivity contribution in [3.05, 3.63) is 35.4 Å². The molecular formula is C12H17F2N3. The zero-order valence-electron chi connectivity index (χ0n) is 9.68. The fraction of sp³-hybridized carbons (Fsp3) is 0.500. The van der Waals surface area contributed by atoms with Crippen molar-refractivity contribution in [3.8, 4) is 0 Å². The van der Waals surface area contributed by atoms with Gasteiger partial charge in [-0.3, -0.25) is 4.90 Å². The molecule has 0 atom stereocenters. The maximum atomic E-state index is 12.9. The van der Waals surface area contributed by atoms with E-state index in [2.05, 4.69) is 15.5 Å². The van der Waals surface area contributed by atoms with Crippen molar-refractivity contribution in [3.63, 3.8) is 0 Å². The van der Waals surface area contributed by atoms with Crippen LogP contribution in [0.2, 0.25) is 0 Å². The number of rotatable bonds is 4. The number of nitrogens with one attached hydrogen (secondary N) is 2. The summed E-state index contributed by atoms with van der Waals surface area (Å²) in [5.74, 6) is -1.58. The molecule has 1 saturated heterocycles. The average Bonchev–Trinajstić information content (AvgIpc) is 2.35. The van der Waals surface area contributed by atoms with Gasteiger partial charge in [0.1, 0.15) is 0 Å². The molecule has 1 aromatic rings. The highest BCUT2D eigenvalue weighted by Crippen LogP contribution is 2.08. The Morgan fingerprint density at radius 1 is 1.18 bits per heavy atom. The molecule has 1 heterocycles. The second-order valence-corrected chi connectivity index (χ2v) is 4.20. The molecule has 0 unspecified atom stereocenters. The lowest BCUT2D eigenvalue weighted by Crippen LogP contribution is -2.46. The van der Waals surface area contributed by atoms with E-state index in [1.165, 1.54) is 6.07 Å². The summed E-state index contributed by atoms with van der Waals surface area (Å²) in [7, 11) is 0. The largest absolute Gasteiger partial charge is 0.314 e. The molecule has 0 aliphatic carbocycles. The van der Waals surface area contributed by atoms with E-state index >= 15 is 0 Å². The highest BCUT2D eigenvalue weighted by atomic mass is 19.2. The predicted octanol–water partition coefficient (Wildman–Crippen LogP) is 0.917. The van der Waals surface area contributed by atoms with Crippen LogP contribution in [0.15, 0.2) is 18.2 Å². The molecule has 0 amide bonds. The minimum atomic E-state index is -0.796. The molecule has 5 heteroatoms. The molecule has 94 valence electrons. The maximum absolute atomic E-state index is 12.9. The van der Waals surface area contributed by atoms with Crippen LogP contribution in [0, 0.1) is 11.6 Å². The van der Waals surface area contributed by atoms with E-state index in [0.717, 1.165) is 44.5 Å². The highest BCUT2D eigenvalue weighted by Gasteiger charge is 2.08. The third-order valence-corrected chi connectivity index (χ3v) is 2.86. The minimum absolute atomic E-state index is 0.557. The number of benzene rings is 1. The minimum Gasteiger partial charge on any atom is -0.314 e. The molecular weight excluding hydrogens is 224 g/mol. The summed E-state index contributed by atoms with van der Waals surface area (Å²) in [6.45, 7) is 5.39. The Morgan fingerprint density at radius 3 is 2.65 bits per heavy atom. The molecule has 2 rings (SSSR count). The lowest BCUT2D eigenvalue weighted by Gasteiger charge is -2.27. The Hall–Kier alpha value is -1.04. The summed E-state index contributed by atoms with van der Waals surface area (Å²) < 4.78 is 25.6. The standard InChI is InChI=1S/C12H17F2N3/c13-11-2-1-10(7-12(11)14)8-16-9-17-5-3-15-4-6-17/h1-2,7,15-16H,3-6,8-9H2. The summed E-state index contributed by atoms with van der Waals surface area (Å²) >= 11 is 0. The van der Waals surface area contributed by atoms with E-state index in [1.807, 2.05) is 0 Å². The molecule has 1 aliphatic heterocycles. The Labute approximate surface area is 99.8 Å². The van der Waals surface area contributed by atoms with Crippen molar-refractivity contribution in [1.29, 1.82) is 0 Å². The SMILES string of the molecule is Fc1ccc(CNCN2CCNCC2)cc1F. The van der Waals surface area contributed by atoms with Gasteiger partial charge in [0.25, 0.3) is 0 Å². The molecule has 0 spiro atoms. The van der Waals surface area contributed by atoms with Gasteiger partial charge in [-0.25, -0.2) is 8.78 Å². The van der Waals surface area contributed by atoms with Gasteiger partial charge in [-0.05, 0) is 17.7 Å². The Balaban J connectivity index is 1.75. The molecule has 17 heavy (non-hydrogen) atoms. The summed E-state index contributed by atoms with van der Waals surface area (Å²) in [5.41, 5.74) is 0.763. The van der Waals surface area contributed by atoms with Crippen molar-refractivity contribution in [2.24, 2.45) is 0 Å². The van der Waals surface area contributed by atoms with E-state index in [9.17, 15) is 8.78 Å². The van der Waals surface area contributed by atoms with Crippen LogP contribution in [-0.2, 0) is 6.54 Å². The zero-order chi connectivity index (χ0) is 12.1.